The van der Waals surface area contributed by atoms with Gasteiger partial charge in [-0.25, -0.2) is 0 Å². The molecule has 0 aliphatic heterocycles. The number of carbonyl (C=O) groups excluding carboxylic acids is 1. The van der Waals surface area contributed by atoms with E-state index in [4.69, 9.17) is 4.74 Å². The van der Waals surface area contributed by atoms with E-state index in [0.29, 0.717) is 12.3 Å². The highest BCUT2D eigenvalue weighted by Gasteiger charge is 2.63. The highest BCUT2D eigenvalue weighted by atomic mass is 16.5. The molecule has 4 bridgehead atoms. The van der Waals surface area contributed by atoms with Crippen LogP contribution in [0.5, 0.6) is 0 Å². The van der Waals surface area contributed by atoms with Gasteiger partial charge in [-0.3, -0.25) is 4.79 Å². The van der Waals surface area contributed by atoms with Crippen LogP contribution in [0.25, 0.3) is 0 Å². The number of allylic oxidation sites excluding steroid dienone is 2. The highest BCUT2D eigenvalue weighted by molar-refractivity contribution is 5.69. The zero-order chi connectivity index (χ0) is 13.1. The standard InChI is InChI=1S/C17H24O2/c1-3-11-12(8-15(18)19-2)14-7-13(11)16-9-4-5-10(6-9)17(14)16/h4-5,9-14,16-17H,3,6-8H2,1-2H3. The van der Waals surface area contributed by atoms with Crippen LogP contribution in [0.4, 0.5) is 0 Å². The topological polar surface area (TPSA) is 26.3 Å². The molecule has 0 N–H and O–H groups in total. The van der Waals surface area contributed by atoms with E-state index in [-0.39, 0.29) is 5.97 Å². The Balaban J connectivity index is 1.61. The molecule has 0 aromatic rings. The van der Waals surface area contributed by atoms with Gasteiger partial charge in [0.05, 0.1) is 7.11 Å². The van der Waals surface area contributed by atoms with Gasteiger partial charge in [0.1, 0.15) is 0 Å². The quantitative estimate of drug-likeness (QED) is 0.442. The molecule has 3 fully saturated rings. The van der Waals surface area contributed by atoms with Gasteiger partial charge in [0.25, 0.3) is 0 Å². The summed E-state index contributed by atoms with van der Waals surface area (Å²) in [6.45, 7) is 2.31. The Hall–Kier alpha value is -0.790. The SMILES string of the molecule is CCC1C(CC(=O)OC)C2CC1C1C3C=CC(C3)C21. The molecular weight excluding hydrogens is 236 g/mol. The lowest BCUT2D eigenvalue weighted by atomic mass is 9.63. The van der Waals surface area contributed by atoms with Gasteiger partial charge in [-0.15, -0.1) is 0 Å². The molecule has 8 unspecified atom stereocenters. The van der Waals surface area contributed by atoms with Crippen LogP contribution >= 0.6 is 0 Å². The summed E-state index contributed by atoms with van der Waals surface area (Å²) in [5, 5.41) is 0. The molecule has 4 aliphatic rings. The first kappa shape index (κ1) is 12.0. The minimum atomic E-state index is 0.00579. The van der Waals surface area contributed by atoms with Gasteiger partial charge in [-0.05, 0) is 60.2 Å². The first-order valence-electron chi connectivity index (χ1n) is 7.99. The Labute approximate surface area is 115 Å². The molecule has 0 radical (unpaired) electrons. The second kappa shape index (κ2) is 4.10. The molecular formula is C17H24O2. The third-order valence-corrected chi connectivity index (χ3v) is 6.87. The molecule has 0 saturated heterocycles. The Bertz CT molecular complexity index is 427. The smallest absolute Gasteiger partial charge is 0.305 e. The van der Waals surface area contributed by atoms with Crippen molar-refractivity contribution in [2.45, 2.75) is 32.6 Å². The Morgan fingerprint density at radius 3 is 2.32 bits per heavy atom. The maximum absolute atomic E-state index is 11.7. The fourth-order valence-corrected chi connectivity index (χ4v) is 6.47. The summed E-state index contributed by atoms with van der Waals surface area (Å²) >= 11 is 0. The molecule has 0 spiro atoms. The second-order valence-corrected chi connectivity index (χ2v) is 7.18. The molecule has 0 aromatic carbocycles. The van der Waals surface area contributed by atoms with Crippen molar-refractivity contribution in [3.8, 4) is 0 Å². The van der Waals surface area contributed by atoms with Crippen molar-refractivity contribution in [3.63, 3.8) is 0 Å². The van der Waals surface area contributed by atoms with E-state index < -0.39 is 0 Å². The van der Waals surface area contributed by atoms with Crippen LogP contribution in [0, 0.1) is 47.3 Å². The summed E-state index contributed by atoms with van der Waals surface area (Å²) < 4.78 is 4.93. The fourth-order valence-electron chi connectivity index (χ4n) is 6.47. The molecule has 0 heterocycles. The first-order chi connectivity index (χ1) is 9.24. The number of esters is 1. The summed E-state index contributed by atoms with van der Waals surface area (Å²) in [4.78, 5) is 11.7. The number of ether oxygens (including phenoxy) is 1. The normalized spacial score (nSPS) is 52.7. The van der Waals surface area contributed by atoms with Crippen molar-refractivity contribution in [3.05, 3.63) is 12.2 Å². The molecule has 0 amide bonds. The zero-order valence-corrected chi connectivity index (χ0v) is 11.9. The van der Waals surface area contributed by atoms with Gasteiger partial charge in [0.15, 0.2) is 0 Å². The van der Waals surface area contributed by atoms with Crippen molar-refractivity contribution in [2.24, 2.45) is 47.3 Å². The van der Waals surface area contributed by atoms with Crippen molar-refractivity contribution in [1.29, 1.82) is 0 Å². The average Bonchev–Trinajstić information content (AvgIpc) is 3.15. The third kappa shape index (κ3) is 1.46. The molecule has 3 saturated carbocycles. The monoisotopic (exact) mass is 260 g/mol. The molecule has 4 rings (SSSR count). The van der Waals surface area contributed by atoms with Gasteiger partial charge < -0.3 is 4.74 Å². The van der Waals surface area contributed by atoms with Crippen molar-refractivity contribution < 1.29 is 9.53 Å². The van der Waals surface area contributed by atoms with Gasteiger partial charge in [-0.2, -0.15) is 0 Å². The van der Waals surface area contributed by atoms with E-state index >= 15 is 0 Å². The molecule has 0 aromatic heterocycles. The first-order valence-corrected chi connectivity index (χ1v) is 7.99. The lowest BCUT2D eigenvalue weighted by molar-refractivity contribution is -0.143. The minimum Gasteiger partial charge on any atom is -0.469 e. The zero-order valence-electron chi connectivity index (χ0n) is 11.9. The van der Waals surface area contributed by atoms with Crippen molar-refractivity contribution in [2.75, 3.05) is 7.11 Å². The molecule has 2 nitrogen and oxygen atoms in total. The molecule has 104 valence electrons. The Morgan fingerprint density at radius 1 is 1.11 bits per heavy atom. The van der Waals surface area contributed by atoms with Crippen LogP contribution in [0.2, 0.25) is 0 Å². The number of carbonyl (C=O) groups is 1. The van der Waals surface area contributed by atoms with Crippen molar-refractivity contribution >= 4 is 5.97 Å². The number of fused-ring (bicyclic) bond motifs is 9. The number of hydrogen-bond donors (Lipinski definition) is 0. The van der Waals surface area contributed by atoms with Gasteiger partial charge in [0, 0.05) is 6.42 Å². The maximum atomic E-state index is 11.7. The molecule has 19 heavy (non-hydrogen) atoms. The predicted molar refractivity (Wildman–Crippen MR) is 73.2 cm³/mol. The van der Waals surface area contributed by atoms with Gasteiger partial charge in [0.2, 0.25) is 0 Å². The summed E-state index contributed by atoms with van der Waals surface area (Å²) in [5.74, 6) is 6.66. The maximum Gasteiger partial charge on any atom is 0.305 e. The predicted octanol–water partition coefficient (Wildman–Crippen LogP) is 3.28. The van der Waals surface area contributed by atoms with E-state index in [2.05, 4.69) is 19.1 Å². The molecule has 4 aliphatic carbocycles. The van der Waals surface area contributed by atoms with E-state index in [1.165, 1.54) is 26.4 Å². The van der Waals surface area contributed by atoms with Gasteiger partial charge in [-0.1, -0.05) is 25.5 Å². The van der Waals surface area contributed by atoms with E-state index in [9.17, 15) is 4.79 Å². The van der Waals surface area contributed by atoms with E-state index in [1.54, 1.807) is 0 Å². The van der Waals surface area contributed by atoms with E-state index in [1.807, 2.05) is 0 Å². The lowest BCUT2D eigenvalue weighted by Crippen LogP contribution is -2.37. The Kier molecular flexibility index (Phi) is 2.59. The largest absolute Gasteiger partial charge is 0.469 e. The van der Waals surface area contributed by atoms with Crippen LogP contribution in [0.1, 0.15) is 32.6 Å². The third-order valence-electron chi connectivity index (χ3n) is 6.87. The van der Waals surface area contributed by atoms with Crippen LogP contribution in [-0.4, -0.2) is 13.1 Å². The number of rotatable bonds is 3. The van der Waals surface area contributed by atoms with E-state index in [0.717, 1.165) is 41.4 Å². The van der Waals surface area contributed by atoms with Gasteiger partial charge >= 0.3 is 5.97 Å². The van der Waals surface area contributed by atoms with Crippen LogP contribution < -0.4 is 0 Å². The summed E-state index contributed by atoms with van der Waals surface area (Å²) in [6.07, 6.45) is 9.68. The minimum absolute atomic E-state index is 0.00579. The number of methoxy groups -OCH3 is 1. The summed E-state index contributed by atoms with van der Waals surface area (Å²) in [6, 6.07) is 0. The second-order valence-electron chi connectivity index (χ2n) is 7.18. The van der Waals surface area contributed by atoms with Crippen LogP contribution in [0.15, 0.2) is 12.2 Å². The lowest BCUT2D eigenvalue weighted by Gasteiger charge is -2.41. The fraction of sp³-hybridized carbons (Fsp3) is 0.824. The summed E-state index contributed by atoms with van der Waals surface area (Å²) in [5.41, 5.74) is 0. The van der Waals surface area contributed by atoms with Crippen LogP contribution in [0.3, 0.4) is 0 Å². The molecule has 2 heteroatoms. The Morgan fingerprint density at radius 2 is 1.74 bits per heavy atom. The summed E-state index contributed by atoms with van der Waals surface area (Å²) in [7, 11) is 1.53. The average molecular weight is 260 g/mol. The van der Waals surface area contributed by atoms with Crippen LogP contribution in [-0.2, 0) is 9.53 Å². The highest BCUT2D eigenvalue weighted by Crippen LogP contribution is 2.69. The van der Waals surface area contributed by atoms with Crippen molar-refractivity contribution in [1.82, 2.24) is 0 Å². The number of hydrogen-bond acceptors (Lipinski definition) is 2. The molecule has 8 atom stereocenters.